The summed E-state index contributed by atoms with van der Waals surface area (Å²) < 4.78 is 1.51. The van der Waals surface area contributed by atoms with Crippen molar-refractivity contribution in [1.29, 1.82) is 0 Å². The first-order chi connectivity index (χ1) is 15.3. The van der Waals surface area contributed by atoms with E-state index < -0.39 is 0 Å². The van der Waals surface area contributed by atoms with Crippen LogP contribution in [0, 0.1) is 18.1 Å². The molecule has 0 aromatic heterocycles. The van der Waals surface area contributed by atoms with E-state index in [1.807, 2.05) is 12.2 Å². The van der Waals surface area contributed by atoms with Gasteiger partial charge in [0.25, 0.3) is 0 Å². The normalized spacial score (nSPS) is 15.6. The molecule has 32 heavy (non-hydrogen) atoms. The molecule has 1 heteroatoms. The molecule has 1 atom stereocenters. The molecule has 2 aromatic carbocycles. The molecule has 0 N–H and O–H groups in total. The predicted molar refractivity (Wildman–Crippen MR) is 138 cm³/mol. The molecule has 0 amide bonds. The molecule has 2 aromatic rings. The summed E-state index contributed by atoms with van der Waals surface area (Å²) in [6.07, 6.45) is 15.6. The molecule has 0 radical (unpaired) electrons. The summed E-state index contributed by atoms with van der Waals surface area (Å²) in [7, 11) is 0. The summed E-state index contributed by atoms with van der Waals surface area (Å²) in [5.41, 5.74) is 7.07. The Morgan fingerprint density at radius 3 is 1.56 bits per heavy atom. The van der Waals surface area contributed by atoms with Crippen LogP contribution < -0.4 is 0 Å². The van der Waals surface area contributed by atoms with Crippen molar-refractivity contribution in [2.24, 2.45) is 5.92 Å². The zero-order chi connectivity index (χ0) is 23.8. The second-order valence-corrected chi connectivity index (χ2v) is 10.7. The summed E-state index contributed by atoms with van der Waals surface area (Å²) >= 11 is 1.55. The molecule has 0 bridgehead atoms. The van der Waals surface area contributed by atoms with Crippen LogP contribution in [0.2, 0.25) is 0 Å². The summed E-state index contributed by atoms with van der Waals surface area (Å²) in [6, 6.07) is 21.2. The maximum Gasteiger partial charge on any atom is -0.0238 e. The fourth-order valence-corrected chi connectivity index (χ4v) is 3.08. The van der Waals surface area contributed by atoms with Crippen molar-refractivity contribution in [2.75, 3.05) is 0 Å². The van der Waals surface area contributed by atoms with Crippen LogP contribution in [-0.2, 0) is 37.1 Å². The maximum atomic E-state index is 3.36. The van der Waals surface area contributed by atoms with Crippen LogP contribution >= 0.6 is 0 Å². The molecule has 0 saturated carbocycles. The Morgan fingerprint density at radius 2 is 1.34 bits per heavy atom. The Hall–Kier alpha value is -1.85. The summed E-state index contributed by atoms with van der Waals surface area (Å²) in [4.78, 5) is 0. The number of rotatable bonds is 3. The second kappa shape index (κ2) is 16.7. The fourth-order valence-electron chi connectivity index (χ4n) is 3.08. The van der Waals surface area contributed by atoms with Gasteiger partial charge in [-0.15, -0.1) is 13.3 Å². The van der Waals surface area contributed by atoms with E-state index in [1.54, 1.807) is 24.2 Å². The van der Waals surface area contributed by atoms with Gasteiger partial charge in [-0.2, -0.15) is 17.2 Å². The number of benzene rings is 2. The molecule has 0 heterocycles. The summed E-state index contributed by atoms with van der Waals surface area (Å²) in [5.74, 6) is 0.560. The van der Waals surface area contributed by atoms with Gasteiger partial charge in [0.1, 0.15) is 0 Å². The summed E-state index contributed by atoms with van der Waals surface area (Å²) in [6.45, 7) is 12.9. The van der Waals surface area contributed by atoms with Crippen LogP contribution in [0.1, 0.15) is 59.1 Å². The van der Waals surface area contributed by atoms with Crippen molar-refractivity contribution in [3.05, 3.63) is 119 Å². The number of hydrogen-bond acceptors (Lipinski definition) is 0. The Morgan fingerprint density at radius 1 is 0.875 bits per heavy atom. The van der Waals surface area contributed by atoms with Gasteiger partial charge in [-0.25, -0.2) is 17.7 Å². The second-order valence-electron chi connectivity index (χ2n) is 8.27. The van der Waals surface area contributed by atoms with Gasteiger partial charge in [0.05, 0.1) is 0 Å². The van der Waals surface area contributed by atoms with E-state index in [4.69, 9.17) is 0 Å². The Kier molecular flexibility index (Phi) is 14.7. The fraction of sp³-hybridized carbons (Fsp3) is 0.323. The van der Waals surface area contributed by atoms with E-state index in [0.29, 0.717) is 5.92 Å². The third-order valence-electron chi connectivity index (χ3n) is 5.21. The molecule has 4 rings (SSSR count). The predicted octanol–water partition coefficient (Wildman–Crippen LogP) is 8.24. The van der Waals surface area contributed by atoms with Crippen molar-refractivity contribution in [2.45, 2.75) is 60.8 Å². The van der Waals surface area contributed by atoms with Crippen molar-refractivity contribution in [1.82, 2.24) is 0 Å². The topological polar surface area (TPSA) is 0 Å². The third-order valence-corrected chi connectivity index (χ3v) is 5.21. The summed E-state index contributed by atoms with van der Waals surface area (Å²) in [5, 5.41) is 0. The number of aryl methyl sites for hydroxylation is 2. The molecule has 166 valence electrons. The van der Waals surface area contributed by atoms with Crippen molar-refractivity contribution in [3.63, 3.8) is 0 Å². The van der Waals surface area contributed by atoms with Crippen LogP contribution in [0.25, 0.3) is 0 Å². The smallest absolute Gasteiger partial charge is 0.0238 e. The first kappa shape index (κ1) is 28.2. The van der Waals surface area contributed by atoms with Gasteiger partial charge in [-0.05, 0) is 24.0 Å². The molecular formula is C31H38Zr. The van der Waals surface area contributed by atoms with Gasteiger partial charge in [0.15, 0.2) is 0 Å². The van der Waals surface area contributed by atoms with E-state index in [9.17, 15) is 0 Å². The SMILES string of the molecule is CC1=[C-]C(C)C(C)=C1C.C[C](C)=[Zr+2].[C-]1=CC=CC1.c1ccc(CCc2ccccc2)cc1. The van der Waals surface area contributed by atoms with E-state index in [1.165, 1.54) is 31.1 Å². The van der Waals surface area contributed by atoms with E-state index >= 15 is 0 Å². The van der Waals surface area contributed by atoms with Crippen molar-refractivity contribution < 1.29 is 24.2 Å². The van der Waals surface area contributed by atoms with Crippen LogP contribution in [-0.4, -0.2) is 3.21 Å². The molecular weight excluding hydrogens is 464 g/mol. The average molecular weight is 502 g/mol. The maximum absolute atomic E-state index is 3.36. The van der Waals surface area contributed by atoms with Gasteiger partial charge < -0.3 is 0 Å². The van der Waals surface area contributed by atoms with E-state index in [2.05, 4.69) is 120 Å². The Labute approximate surface area is 212 Å². The van der Waals surface area contributed by atoms with Crippen molar-refractivity contribution >= 4 is 3.21 Å². The largest absolute Gasteiger partial charge is 0.273 e. The first-order valence-corrected chi connectivity index (χ1v) is 12.6. The monoisotopic (exact) mass is 500 g/mol. The first-order valence-electron chi connectivity index (χ1n) is 11.4. The average Bonchev–Trinajstić information content (AvgIpc) is 3.44. The number of hydrogen-bond donors (Lipinski definition) is 0. The zero-order valence-corrected chi connectivity index (χ0v) is 23.2. The molecule has 0 aliphatic heterocycles. The molecule has 0 fully saturated rings. The van der Waals surface area contributed by atoms with Gasteiger partial charge in [-0.3, -0.25) is 12.2 Å². The molecule has 2 aliphatic carbocycles. The molecule has 2 aliphatic rings. The minimum absolute atomic E-state index is 0.560. The van der Waals surface area contributed by atoms with Crippen LogP contribution in [0.4, 0.5) is 0 Å². The molecule has 0 saturated heterocycles. The van der Waals surface area contributed by atoms with Crippen LogP contribution in [0.5, 0.6) is 0 Å². The zero-order valence-electron chi connectivity index (χ0n) is 20.7. The van der Waals surface area contributed by atoms with Gasteiger partial charge in [-0.1, -0.05) is 87.4 Å². The van der Waals surface area contributed by atoms with Crippen LogP contribution in [0.3, 0.4) is 0 Å². The quantitative estimate of drug-likeness (QED) is 0.371. The van der Waals surface area contributed by atoms with E-state index in [-0.39, 0.29) is 0 Å². The number of allylic oxidation sites excluding steroid dienone is 8. The van der Waals surface area contributed by atoms with Gasteiger partial charge in [0, 0.05) is 0 Å². The van der Waals surface area contributed by atoms with E-state index in [0.717, 1.165) is 19.3 Å². The van der Waals surface area contributed by atoms with Crippen LogP contribution in [0.15, 0.2) is 95.6 Å². The standard InChI is InChI=1S/C14H14.C9H13.C5H5.C3H6.Zr/c1-3-7-13(8-4-1)11-12-14-9-5-2-6-10-14;1-6-5-7(2)9(4)8(6)3;1-2-4-5-3-1;1-3-2;/h1-10H,11-12H2;6H,1-4H3;1-3H,4H2;1-2H3;/q;2*-1;;+2. The minimum atomic E-state index is 0.560. The molecule has 1 unspecified atom stereocenters. The minimum Gasteiger partial charge on any atom is -0.273 e. The van der Waals surface area contributed by atoms with Gasteiger partial charge in [0.2, 0.25) is 0 Å². The Balaban J connectivity index is 0.000000243. The van der Waals surface area contributed by atoms with Gasteiger partial charge >= 0.3 is 41.3 Å². The molecule has 0 nitrogen and oxygen atoms in total. The third kappa shape index (κ3) is 12.9. The molecule has 0 spiro atoms. The van der Waals surface area contributed by atoms with Crippen molar-refractivity contribution in [3.8, 4) is 0 Å². The Bertz CT molecular complexity index is 858.